The van der Waals surface area contributed by atoms with Gasteiger partial charge in [0.15, 0.2) is 5.65 Å². The highest BCUT2D eigenvalue weighted by Gasteiger charge is 2.22. The van der Waals surface area contributed by atoms with Gasteiger partial charge in [-0.1, -0.05) is 18.6 Å². The molecule has 2 atom stereocenters. The van der Waals surface area contributed by atoms with Gasteiger partial charge in [0, 0.05) is 22.7 Å². The van der Waals surface area contributed by atoms with Crippen LogP contribution < -0.4 is 11.1 Å². The van der Waals surface area contributed by atoms with Gasteiger partial charge in [-0.3, -0.25) is 9.78 Å². The van der Waals surface area contributed by atoms with Gasteiger partial charge in [-0.15, -0.1) is 0 Å². The second kappa shape index (κ2) is 8.24. The zero-order valence-electron chi connectivity index (χ0n) is 17.4. The van der Waals surface area contributed by atoms with Crippen molar-refractivity contribution >= 4 is 44.2 Å². The van der Waals surface area contributed by atoms with Gasteiger partial charge in [0.05, 0.1) is 40.4 Å². The molecule has 4 aromatic rings. The Kier molecular flexibility index (Phi) is 5.63. The molecule has 1 unspecified atom stereocenters. The number of fused-ring (bicyclic) bond motifs is 2. The first kappa shape index (κ1) is 21.2. The van der Waals surface area contributed by atoms with Gasteiger partial charge in [0.1, 0.15) is 5.82 Å². The maximum Gasteiger partial charge on any atom is 0.225 e. The van der Waals surface area contributed by atoms with Crippen LogP contribution in [0.4, 0.5) is 5.82 Å². The Morgan fingerprint density at radius 1 is 1.29 bits per heavy atom. The van der Waals surface area contributed by atoms with E-state index < -0.39 is 12.0 Å². The highest BCUT2D eigenvalue weighted by molar-refractivity contribution is 9.10. The third-order valence-corrected chi connectivity index (χ3v) is 6.10. The zero-order chi connectivity index (χ0) is 22.3. The lowest BCUT2D eigenvalue weighted by atomic mass is 10.1. The first-order chi connectivity index (χ1) is 14.8. The van der Waals surface area contributed by atoms with Crippen LogP contribution in [0.1, 0.15) is 31.1 Å². The van der Waals surface area contributed by atoms with Crippen LogP contribution in [0.5, 0.6) is 0 Å². The summed E-state index contributed by atoms with van der Waals surface area (Å²) < 4.78 is 2.13. The predicted molar refractivity (Wildman–Crippen MR) is 123 cm³/mol. The number of nitrogens with two attached hydrogens (primary N) is 1. The molecule has 3 heterocycles. The van der Waals surface area contributed by atoms with Crippen molar-refractivity contribution in [1.29, 1.82) is 0 Å². The van der Waals surface area contributed by atoms with Gasteiger partial charge >= 0.3 is 0 Å². The average Bonchev–Trinajstić information content (AvgIpc) is 3.19. The van der Waals surface area contributed by atoms with Gasteiger partial charge in [0.2, 0.25) is 5.91 Å². The van der Waals surface area contributed by atoms with Crippen molar-refractivity contribution in [3.63, 3.8) is 0 Å². The van der Waals surface area contributed by atoms with Gasteiger partial charge < -0.3 is 16.2 Å². The Morgan fingerprint density at radius 2 is 2.06 bits per heavy atom. The number of nitrogens with one attached hydrogen (secondary N) is 1. The number of anilines is 1. The number of nitrogen functional groups attached to an aromatic ring is 1. The molecule has 1 amide bonds. The van der Waals surface area contributed by atoms with Crippen molar-refractivity contribution in [3.05, 3.63) is 52.4 Å². The molecule has 1 aromatic carbocycles. The number of carbonyl (C=O) groups is 1. The number of aliphatic hydroxyl groups is 1. The van der Waals surface area contributed by atoms with Crippen molar-refractivity contribution in [2.45, 2.75) is 26.8 Å². The summed E-state index contributed by atoms with van der Waals surface area (Å²) in [5.41, 5.74) is 11.2. The van der Waals surface area contributed by atoms with Crippen LogP contribution in [0.3, 0.4) is 0 Å². The van der Waals surface area contributed by atoms with E-state index in [4.69, 9.17) is 10.7 Å². The first-order valence-corrected chi connectivity index (χ1v) is 10.7. The van der Waals surface area contributed by atoms with Crippen LogP contribution in [0.25, 0.3) is 27.7 Å². The summed E-state index contributed by atoms with van der Waals surface area (Å²) in [4.78, 5) is 21.6. The predicted octanol–water partition coefficient (Wildman–Crippen LogP) is 3.40. The number of amides is 1. The highest BCUT2D eigenvalue weighted by atomic mass is 79.9. The molecule has 0 radical (unpaired) electrons. The van der Waals surface area contributed by atoms with Gasteiger partial charge in [-0.05, 0) is 48.0 Å². The van der Waals surface area contributed by atoms with Crippen molar-refractivity contribution in [1.82, 2.24) is 24.9 Å². The molecule has 31 heavy (non-hydrogen) atoms. The van der Waals surface area contributed by atoms with Crippen molar-refractivity contribution in [2.75, 3.05) is 12.3 Å². The highest BCUT2D eigenvalue weighted by Crippen LogP contribution is 2.33. The summed E-state index contributed by atoms with van der Waals surface area (Å²) in [7, 11) is 0. The molecular formula is C22H23BrN6O2. The van der Waals surface area contributed by atoms with Crippen molar-refractivity contribution in [2.24, 2.45) is 5.92 Å². The van der Waals surface area contributed by atoms with E-state index in [-0.39, 0.29) is 12.5 Å². The van der Waals surface area contributed by atoms with Crippen LogP contribution >= 0.6 is 15.9 Å². The molecule has 9 heteroatoms. The van der Waals surface area contributed by atoms with Crippen molar-refractivity contribution < 1.29 is 9.90 Å². The normalized spacial score (nSPS) is 13.5. The molecule has 8 nitrogen and oxygen atoms in total. The minimum absolute atomic E-state index is 0.227. The molecule has 4 N–H and O–H groups in total. The fourth-order valence-electron chi connectivity index (χ4n) is 3.41. The van der Waals surface area contributed by atoms with E-state index in [9.17, 15) is 9.90 Å². The molecule has 160 valence electrons. The van der Waals surface area contributed by atoms with E-state index in [2.05, 4.69) is 43.5 Å². The third kappa shape index (κ3) is 3.86. The Labute approximate surface area is 187 Å². The number of hydrogen-bond donors (Lipinski definition) is 3. The maximum absolute atomic E-state index is 12.2. The van der Waals surface area contributed by atoms with E-state index in [0.717, 1.165) is 27.6 Å². The fraction of sp³-hybridized carbons (Fsp3) is 0.273. The van der Waals surface area contributed by atoms with E-state index in [0.29, 0.717) is 21.6 Å². The van der Waals surface area contributed by atoms with Crippen LogP contribution in [0.15, 0.2) is 41.1 Å². The summed E-state index contributed by atoms with van der Waals surface area (Å²) in [5, 5.41) is 17.5. The molecule has 0 spiro atoms. The standard InChI is InChI=1S/C22H23BrN6O2/c1-11-4-5-17-14(6-11)7-15(8-25-17)16-9-26-29-20(24)18(23)19(28-21(16)29)13(3)27-22(31)12(2)10-30/h4-9,12-13,30H,10,24H2,1-3H3,(H,27,31)/t12-,13?/m0/s1. The van der Waals surface area contributed by atoms with E-state index in [1.807, 2.05) is 26.0 Å². The third-order valence-electron chi connectivity index (χ3n) is 5.29. The minimum Gasteiger partial charge on any atom is -0.396 e. The average molecular weight is 483 g/mol. The number of rotatable bonds is 5. The first-order valence-electron chi connectivity index (χ1n) is 9.90. The Bertz CT molecular complexity index is 1300. The number of pyridine rings is 1. The number of aliphatic hydroxyl groups excluding tert-OH is 1. The molecule has 0 saturated heterocycles. The van der Waals surface area contributed by atoms with Gasteiger partial charge in [0.25, 0.3) is 0 Å². The Hall–Kier alpha value is -3.04. The van der Waals surface area contributed by atoms with Crippen LogP contribution in [-0.2, 0) is 4.79 Å². The molecule has 4 rings (SSSR count). The van der Waals surface area contributed by atoms with Gasteiger partial charge in [-0.25, -0.2) is 4.98 Å². The zero-order valence-corrected chi connectivity index (χ0v) is 19.0. The largest absolute Gasteiger partial charge is 0.396 e. The summed E-state index contributed by atoms with van der Waals surface area (Å²) in [6.45, 7) is 5.30. The molecule has 0 aliphatic heterocycles. The summed E-state index contributed by atoms with van der Waals surface area (Å²) in [5.74, 6) is -0.392. The molecule has 0 aliphatic carbocycles. The second-order valence-corrected chi connectivity index (χ2v) is 8.52. The lowest BCUT2D eigenvalue weighted by Gasteiger charge is -2.18. The Balaban J connectivity index is 1.81. The molecular weight excluding hydrogens is 460 g/mol. The van der Waals surface area contributed by atoms with E-state index in [1.165, 1.54) is 0 Å². The molecule has 0 fully saturated rings. The Morgan fingerprint density at radius 3 is 2.81 bits per heavy atom. The number of nitrogens with zero attached hydrogens (tertiary/aromatic N) is 4. The van der Waals surface area contributed by atoms with E-state index in [1.54, 1.807) is 23.8 Å². The number of aromatic nitrogens is 4. The number of aryl methyl sites for hydroxylation is 1. The quantitative estimate of drug-likeness (QED) is 0.401. The summed E-state index contributed by atoms with van der Waals surface area (Å²) in [6.07, 6.45) is 3.51. The monoisotopic (exact) mass is 482 g/mol. The molecule has 0 aliphatic rings. The number of carbonyl (C=O) groups excluding carboxylic acids is 1. The van der Waals surface area contributed by atoms with Gasteiger partial charge in [-0.2, -0.15) is 9.61 Å². The van der Waals surface area contributed by atoms with Crippen molar-refractivity contribution in [3.8, 4) is 11.1 Å². The molecule has 0 saturated carbocycles. The molecule has 0 bridgehead atoms. The van der Waals surface area contributed by atoms with Crippen LogP contribution in [0, 0.1) is 12.8 Å². The van der Waals surface area contributed by atoms with Crippen LogP contribution in [-0.4, -0.2) is 37.2 Å². The second-order valence-electron chi connectivity index (χ2n) is 7.72. The fourth-order valence-corrected chi connectivity index (χ4v) is 4.01. The summed E-state index contributed by atoms with van der Waals surface area (Å²) >= 11 is 3.49. The number of hydrogen-bond acceptors (Lipinski definition) is 6. The van der Waals surface area contributed by atoms with Crippen LogP contribution in [0.2, 0.25) is 0 Å². The molecule has 3 aromatic heterocycles. The lowest BCUT2D eigenvalue weighted by Crippen LogP contribution is -2.33. The SMILES string of the molecule is Cc1ccc2ncc(-c3cnn4c(N)c(Br)c(C(C)NC(=O)[C@@H](C)CO)nc34)cc2c1. The minimum atomic E-state index is -0.514. The summed E-state index contributed by atoms with van der Waals surface area (Å²) in [6, 6.07) is 7.74. The smallest absolute Gasteiger partial charge is 0.225 e. The lowest BCUT2D eigenvalue weighted by molar-refractivity contribution is -0.126. The topological polar surface area (TPSA) is 118 Å². The maximum atomic E-state index is 12.2. The number of benzene rings is 1. The number of halogens is 1. The van der Waals surface area contributed by atoms with E-state index >= 15 is 0 Å².